The minimum absolute atomic E-state index is 0.123. The summed E-state index contributed by atoms with van der Waals surface area (Å²) >= 11 is 0. The van der Waals surface area contributed by atoms with Gasteiger partial charge in [-0.25, -0.2) is 5.48 Å². The summed E-state index contributed by atoms with van der Waals surface area (Å²) in [6.45, 7) is 2.08. The van der Waals surface area contributed by atoms with Gasteiger partial charge in [-0.2, -0.15) is 0 Å². The fraction of sp³-hybridized carbons (Fsp3) is 0.440. The minimum Gasteiger partial charge on any atom is -0.326 e. The molecule has 0 spiro atoms. The molecule has 5 heteroatoms. The normalized spacial score (nSPS) is 20.1. The van der Waals surface area contributed by atoms with Gasteiger partial charge in [0.05, 0.1) is 0 Å². The maximum absolute atomic E-state index is 12.9. The largest absolute Gasteiger partial charge is 0.326 e. The number of carbonyl (C=O) groups excluding carboxylic acids is 2. The number of amides is 2. The average Bonchev–Trinajstić information content (AvgIpc) is 2.78. The lowest BCUT2D eigenvalue weighted by Gasteiger charge is -2.32. The SMILES string of the molecule is CC1(C(=O)Nc2cccc(-c3ccc4c(c3)CCC(C(=O)NO)C4)c2)CCCCC1. The zero-order chi connectivity index (χ0) is 21.1. The van der Waals surface area contributed by atoms with Crippen molar-refractivity contribution in [3.05, 3.63) is 53.6 Å². The molecular formula is C25H30N2O3. The zero-order valence-corrected chi connectivity index (χ0v) is 17.5. The van der Waals surface area contributed by atoms with Crippen molar-refractivity contribution in [3.8, 4) is 11.1 Å². The van der Waals surface area contributed by atoms with Crippen LogP contribution in [0.3, 0.4) is 0 Å². The third kappa shape index (κ3) is 4.26. The van der Waals surface area contributed by atoms with Gasteiger partial charge in [-0.3, -0.25) is 14.8 Å². The van der Waals surface area contributed by atoms with Gasteiger partial charge < -0.3 is 5.32 Å². The first-order chi connectivity index (χ1) is 14.5. The highest BCUT2D eigenvalue weighted by Gasteiger charge is 2.34. The van der Waals surface area contributed by atoms with Crippen LogP contribution >= 0.6 is 0 Å². The molecule has 3 N–H and O–H groups in total. The number of benzene rings is 2. The van der Waals surface area contributed by atoms with Gasteiger partial charge in [0.1, 0.15) is 0 Å². The summed E-state index contributed by atoms with van der Waals surface area (Å²) < 4.78 is 0. The van der Waals surface area contributed by atoms with Crippen molar-refractivity contribution >= 4 is 17.5 Å². The van der Waals surface area contributed by atoms with E-state index >= 15 is 0 Å². The molecule has 30 heavy (non-hydrogen) atoms. The topological polar surface area (TPSA) is 78.4 Å². The Balaban J connectivity index is 1.50. The second kappa shape index (κ2) is 8.60. The highest BCUT2D eigenvalue weighted by Crippen LogP contribution is 2.37. The fourth-order valence-electron chi connectivity index (χ4n) is 4.87. The van der Waals surface area contributed by atoms with Crippen LogP contribution in [0.15, 0.2) is 42.5 Å². The van der Waals surface area contributed by atoms with E-state index in [2.05, 4.69) is 36.5 Å². The van der Waals surface area contributed by atoms with Crippen molar-refractivity contribution < 1.29 is 14.8 Å². The van der Waals surface area contributed by atoms with Crippen LogP contribution in [0.2, 0.25) is 0 Å². The molecule has 2 aliphatic carbocycles. The summed E-state index contributed by atoms with van der Waals surface area (Å²) in [5.41, 5.74) is 6.93. The molecule has 0 bridgehead atoms. The van der Waals surface area contributed by atoms with Crippen molar-refractivity contribution in [2.75, 3.05) is 5.32 Å². The summed E-state index contributed by atoms with van der Waals surface area (Å²) in [6.07, 6.45) is 7.59. The number of aryl methyl sites for hydroxylation is 1. The predicted octanol–water partition coefficient (Wildman–Crippen LogP) is 4.87. The maximum atomic E-state index is 12.9. The second-order valence-corrected chi connectivity index (χ2v) is 9.06. The number of hydrogen-bond donors (Lipinski definition) is 3. The molecule has 1 unspecified atom stereocenters. The molecule has 1 fully saturated rings. The Morgan fingerprint density at radius 2 is 1.77 bits per heavy atom. The summed E-state index contributed by atoms with van der Waals surface area (Å²) in [5, 5.41) is 12.0. The van der Waals surface area contributed by atoms with Gasteiger partial charge in [-0.1, -0.05) is 56.5 Å². The maximum Gasteiger partial charge on any atom is 0.246 e. The molecule has 0 radical (unpaired) electrons. The zero-order valence-electron chi connectivity index (χ0n) is 17.5. The lowest BCUT2D eigenvalue weighted by atomic mass is 9.75. The van der Waals surface area contributed by atoms with Gasteiger partial charge in [0.2, 0.25) is 11.8 Å². The Hall–Kier alpha value is -2.66. The van der Waals surface area contributed by atoms with Crippen molar-refractivity contribution in [3.63, 3.8) is 0 Å². The van der Waals surface area contributed by atoms with E-state index in [0.29, 0.717) is 6.42 Å². The van der Waals surface area contributed by atoms with E-state index in [1.165, 1.54) is 12.0 Å². The molecule has 2 aliphatic rings. The molecule has 0 aromatic heterocycles. The molecule has 158 valence electrons. The van der Waals surface area contributed by atoms with Gasteiger partial charge in [0.15, 0.2) is 0 Å². The fourth-order valence-corrected chi connectivity index (χ4v) is 4.87. The highest BCUT2D eigenvalue weighted by molar-refractivity contribution is 5.95. The quantitative estimate of drug-likeness (QED) is 0.500. The van der Waals surface area contributed by atoms with E-state index in [1.54, 1.807) is 5.48 Å². The first-order valence-corrected chi connectivity index (χ1v) is 11.0. The molecule has 1 atom stereocenters. The van der Waals surface area contributed by atoms with Gasteiger partial charge >= 0.3 is 0 Å². The monoisotopic (exact) mass is 406 g/mol. The van der Waals surface area contributed by atoms with E-state index in [9.17, 15) is 9.59 Å². The van der Waals surface area contributed by atoms with Crippen molar-refractivity contribution in [2.24, 2.45) is 11.3 Å². The summed E-state index contributed by atoms with van der Waals surface area (Å²) in [4.78, 5) is 24.6. The standard InChI is InChI=1S/C25H30N2O3/c1-25(12-3-2-4-13-25)24(29)26-22-7-5-6-17(16-22)18-8-9-20-15-21(23(28)27-30)11-10-19(20)14-18/h5-9,14,16,21,30H,2-4,10-13,15H2,1H3,(H,26,29)(H,27,28). The minimum atomic E-state index is -0.306. The van der Waals surface area contributed by atoms with Crippen LogP contribution < -0.4 is 10.8 Å². The van der Waals surface area contributed by atoms with Crippen LogP contribution in [0.5, 0.6) is 0 Å². The van der Waals surface area contributed by atoms with Gasteiger partial charge in [0.25, 0.3) is 0 Å². The predicted molar refractivity (Wildman–Crippen MR) is 117 cm³/mol. The lowest BCUT2D eigenvalue weighted by Crippen LogP contribution is -2.35. The van der Waals surface area contributed by atoms with E-state index in [0.717, 1.165) is 60.9 Å². The van der Waals surface area contributed by atoms with E-state index in [-0.39, 0.29) is 23.1 Å². The average molecular weight is 407 g/mol. The molecule has 2 aromatic rings. The Morgan fingerprint density at radius 1 is 1.00 bits per heavy atom. The highest BCUT2D eigenvalue weighted by atomic mass is 16.5. The van der Waals surface area contributed by atoms with Gasteiger partial charge in [0, 0.05) is 17.0 Å². The first-order valence-electron chi connectivity index (χ1n) is 11.0. The molecular weight excluding hydrogens is 376 g/mol. The van der Waals surface area contributed by atoms with Gasteiger partial charge in [-0.15, -0.1) is 0 Å². The number of rotatable bonds is 4. The molecule has 0 saturated heterocycles. The molecule has 5 nitrogen and oxygen atoms in total. The second-order valence-electron chi connectivity index (χ2n) is 9.06. The third-order valence-corrected chi connectivity index (χ3v) is 6.87. The smallest absolute Gasteiger partial charge is 0.246 e. The molecule has 2 amide bonds. The number of anilines is 1. The Kier molecular flexibility index (Phi) is 5.91. The lowest BCUT2D eigenvalue weighted by molar-refractivity contribution is -0.133. The van der Waals surface area contributed by atoms with Crippen molar-refractivity contribution in [2.45, 2.75) is 58.3 Å². The Labute approximate surface area is 177 Å². The number of hydroxylamine groups is 1. The summed E-state index contributed by atoms with van der Waals surface area (Å²) in [6, 6.07) is 14.4. The van der Waals surface area contributed by atoms with Gasteiger partial charge in [-0.05, 0) is 66.5 Å². The summed E-state index contributed by atoms with van der Waals surface area (Å²) in [7, 11) is 0. The first kappa shape index (κ1) is 20.6. The Morgan fingerprint density at radius 3 is 2.53 bits per heavy atom. The van der Waals surface area contributed by atoms with Crippen LogP contribution in [-0.4, -0.2) is 17.0 Å². The van der Waals surface area contributed by atoms with Crippen LogP contribution in [0.4, 0.5) is 5.69 Å². The summed E-state index contributed by atoms with van der Waals surface area (Å²) in [5.74, 6) is -0.356. The van der Waals surface area contributed by atoms with E-state index < -0.39 is 0 Å². The van der Waals surface area contributed by atoms with Crippen LogP contribution in [0.25, 0.3) is 11.1 Å². The van der Waals surface area contributed by atoms with Crippen LogP contribution in [0, 0.1) is 11.3 Å². The van der Waals surface area contributed by atoms with Crippen LogP contribution in [-0.2, 0) is 22.4 Å². The molecule has 4 rings (SSSR count). The number of nitrogens with one attached hydrogen (secondary N) is 2. The van der Waals surface area contributed by atoms with Crippen molar-refractivity contribution in [1.29, 1.82) is 0 Å². The van der Waals surface area contributed by atoms with E-state index in [4.69, 9.17) is 5.21 Å². The molecule has 0 heterocycles. The molecule has 0 aliphatic heterocycles. The number of fused-ring (bicyclic) bond motifs is 1. The number of hydrogen-bond acceptors (Lipinski definition) is 3. The van der Waals surface area contributed by atoms with Crippen LogP contribution in [0.1, 0.15) is 56.6 Å². The van der Waals surface area contributed by atoms with Crippen molar-refractivity contribution in [1.82, 2.24) is 5.48 Å². The van der Waals surface area contributed by atoms with E-state index in [1.807, 2.05) is 18.2 Å². The molecule has 2 aromatic carbocycles. The third-order valence-electron chi connectivity index (χ3n) is 6.87. The number of carbonyl (C=O) groups is 2. The molecule has 1 saturated carbocycles. The Bertz CT molecular complexity index is 947.